The van der Waals surface area contributed by atoms with E-state index < -0.39 is 20.0 Å². The summed E-state index contributed by atoms with van der Waals surface area (Å²) in [7, 11) is -7.94. The van der Waals surface area contributed by atoms with Gasteiger partial charge in [0.15, 0.2) is 5.65 Å². The molecule has 1 unspecified atom stereocenters. The normalized spacial score (nSPS) is 15.7. The molecule has 0 aliphatic heterocycles. The van der Waals surface area contributed by atoms with E-state index in [1.165, 1.54) is 23.3 Å². The fourth-order valence-corrected chi connectivity index (χ4v) is 7.65. The molecule has 1 aliphatic carbocycles. The number of aromatic nitrogens is 4. The third-order valence-electron chi connectivity index (χ3n) is 6.18. The molecule has 1 N–H and O–H groups in total. The highest BCUT2D eigenvalue weighted by Gasteiger charge is 2.27. The zero-order valence-corrected chi connectivity index (χ0v) is 21.5. The van der Waals surface area contributed by atoms with Crippen molar-refractivity contribution in [1.29, 1.82) is 0 Å². The fraction of sp³-hybridized carbons (Fsp3) is 0.292. The van der Waals surface area contributed by atoms with Gasteiger partial charge >= 0.3 is 0 Å². The molecule has 5 rings (SSSR count). The first-order valence-corrected chi connectivity index (χ1v) is 15.1. The van der Waals surface area contributed by atoms with Gasteiger partial charge in [0.1, 0.15) is 0 Å². The average Bonchev–Trinajstić information content (AvgIpc) is 3.42. The highest BCUT2D eigenvalue weighted by molar-refractivity contribution is 8.09. The number of nitrogens with one attached hydrogen (secondary N) is 1. The molecule has 36 heavy (non-hydrogen) atoms. The number of sulfonamides is 2. The van der Waals surface area contributed by atoms with Gasteiger partial charge < -0.3 is 5.32 Å². The first kappa shape index (κ1) is 24.2. The molecule has 0 radical (unpaired) electrons. The van der Waals surface area contributed by atoms with Crippen molar-refractivity contribution in [3.63, 3.8) is 0 Å². The van der Waals surface area contributed by atoms with E-state index in [2.05, 4.69) is 39.7 Å². The second-order valence-electron chi connectivity index (χ2n) is 8.88. The number of benzene rings is 2. The highest BCUT2D eigenvalue weighted by atomic mass is 32.3. The van der Waals surface area contributed by atoms with E-state index in [1.807, 2.05) is 4.68 Å². The molecule has 0 saturated heterocycles. The Bertz CT molecular complexity index is 1600. The van der Waals surface area contributed by atoms with Crippen molar-refractivity contribution in [2.24, 2.45) is 0 Å². The van der Waals surface area contributed by atoms with Gasteiger partial charge in [0.25, 0.3) is 0 Å². The maximum absolute atomic E-state index is 12.0. The lowest BCUT2D eigenvalue weighted by molar-refractivity contribution is 0.533. The highest BCUT2D eigenvalue weighted by Crippen LogP contribution is 2.35. The Kier molecular flexibility index (Phi) is 6.17. The van der Waals surface area contributed by atoms with Crippen LogP contribution < -0.4 is 9.03 Å². The Morgan fingerprint density at radius 1 is 1.00 bits per heavy atom. The van der Waals surface area contributed by atoms with Crippen LogP contribution in [0.4, 0.5) is 11.6 Å². The van der Waals surface area contributed by atoms with Crippen LogP contribution in [0.25, 0.3) is 11.0 Å². The number of rotatable bonds is 8. The van der Waals surface area contributed by atoms with Crippen LogP contribution in [0.15, 0.2) is 60.9 Å². The monoisotopic (exact) mass is 526 g/mol. The van der Waals surface area contributed by atoms with Gasteiger partial charge in [-0.1, -0.05) is 36.4 Å². The van der Waals surface area contributed by atoms with E-state index in [0.29, 0.717) is 22.6 Å². The second-order valence-corrected chi connectivity index (χ2v) is 12.8. The maximum atomic E-state index is 12.0. The first-order valence-electron chi connectivity index (χ1n) is 11.4. The average molecular weight is 527 g/mol. The summed E-state index contributed by atoms with van der Waals surface area (Å²) in [4.78, 5) is 9.11. The van der Waals surface area contributed by atoms with E-state index in [4.69, 9.17) is 4.98 Å². The summed E-state index contributed by atoms with van der Waals surface area (Å²) in [5.74, 6) is 0.493. The molecule has 0 bridgehead atoms. The Hall–Kier alpha value is -3.51. The summed E-state index contributed by atoms with van der Waals surface area (Å²) in [5.41, 5.74) is 4.39. The number of anilines is 2. The van der Waals surface area contributed by atoms with Gasteiger partial charge in [0.05, 0.1) is 35.8 Å². The van der Waals surface area contributed by atoms with Crippen molar-refractivity contribution in [2.75, 3.05) is 28.1 Å². The zero-order valence-electron chi connectivity index (χ0n) is 19.9. The Balaban J connectivity index is 1.28. The summed E-state index contributed by atoms with van der Waals surface area (Å²) in [6, 6.07) is 15.0. The Morgan fingerprint density at radius 3 is 2.44 bits per heavy atom. The van der Waals surface area contributed by atoms with Crippen LogP contribution in [-0.2, 0) is 32.9 Å². The van der Waals surface area contributed by atoms with Gasteiger partial charge in [-0.05, 0) is 48.1 Å². The summed E-state index contributed by atoms with van der Waals surface area (Å²) in [6.45, 7) is 0.535. The Labute approximate surface area is 210 Å². The third-order valence-corrected chi connectivity index (χ3v) is 9.43. The fourth-order valence-electron chi connectivity index (χ4n) is 4.67. The van der Waals surface area contributed by atoms with Gasteiger partial charge in [0.2, 0.25) is 26.0 Å². The molecule has 2 heterocycles. The smallest absolute Gasteiger partial charge is 0.245 e. The molecular weight excluding hydrogens is 500 g/mol. The predicted octanol–water partition coefficient (Wildman–Crippen LogP) is 2.74. The van der Waals surface area contributed by atoms with Crippen molar-refractivity contribution >= 4 is 42.7 Å². The summed E-state index contributed by atoms with van der Waals surface area (Å²) in [5, 5.41) is 8.71. The number of nitrogens with zero attached hydrogens (tertiary/aromatic N) is 5. The van der Waals surface area contributed by atoms with Crippen LogP contribution in [0.2, 0.25) is 0 Å². The van der Waals surface area contributed by atoms with Gasteiger partial charge in [-0.3, -0.25) is 0 Å². The molecule has 2 aromatic heterocycles. The molecular formula is C24H26N6O4S2. The first-order chi connectivity index (χ1) is 17.1. The Morgan fingerprint density at radius 2 is 1.72 bits per heavy atom. The molecule has 0 saturated carbocycles. The number of fused-ring (bicyclic) bond motifs is 2. The maximum Gasteiger partial charge on any atom is 0.245 e. The summed E-state index contributed by atoms with van der Waals surface area (Å²) in [6.07, 6.45) is 7.87. The van der Waals surface area contributed by atoms with Crippen LogP contribution in [0.3, 0.4) is 0 Å². The lowest BCUT2D eigenvalue weighted by Gasteiger charge is -2.19. The van der Waals surface area contributed by atoms with Crippen molar-refractivity contribution < 1.29 is 16.8 Å². The van der Waals surface area contributed by atoms with Crippen molar-refractivity contribution in [1.82, 2.24) is 19.7 Å². The molecule has 1 aliphatic rings. The molecule has 4 aromatic rings. The standard InChI is InChI=1S/C24H26N6O4S2/c1-35(31,32)30(36(2,33)34)20-10-7-17(8-11-20)13-14-25-24-26-15-19-16-27-29(23(19)28-24)22-12-9-18-5-3-4-6-21(18)22/h3-8,10-11,15-16,22H,9,12-14H2,1-2H3,(H,25,26,28). The van der Waals surface area contributed by atoms with E-state index in [0.717, 1.165) is 42.0 Å². The minimum Gasteiger partial charge on any atom is -0.354 e. The van der Waals surface area contributed by atoms with Gasteiger partial charge in [0, 0.05) is 12.7 Å². The number of aryl methyl sites for hydroxylation is 1. The SMILES string of the molecule is CS(=O)(=O)N(c1ccc(CCNc2ncc3cnn(C4CCc5ccccc54)c3n2)cc1)S(C)(=O)=O. The van der Waals surface area contributed by atoms with Gasteiger partial charge in [-0.15, -0.1) is 0 Å². The van der Waals surface area contributed by atoms with Crippen LogP contribution in [0.1, 0.15) is 29.2 Å². The van der Waals surface area contributed by atoms with Crippen molar-refractivity contribution in [3.8, 4) is 0 Å². The predicted molar refractivity (Wildman–Crippen MR) is 139 cm³/mol. The molecule has 1 atom stereocenters. The van der Waals surface area contributed by atoms with E-state index in [1.54, 1.807) is 24.5 Å². The van der Waals surface area contributed by atoms with Crippen LogP contribution in [0, 0.1) is 0 Å². The number of hydrogen-bond donors (Lipinski definition) is 1. The molecule has 0 fully saturated rings. The van der Waals surface area contributed by atoms with E-state index in [-0.39, 0.29) is 11.7 Å². The molecule has 0 amide bonds. The zero-order chi connectivity index (χ0) is 25.5. The van der Waals surface area contributed by atoms with Gasteiger partial charge in [-0.25, -0.2) is 26.5 Å². The lowest BCUT2D eigenvalue weighted by Crippen LogP contribution is -2.35. The van der Waals surface area contributed by atoms with Crippen LogP contribution >= 0.6 is 0 Å². The molecule has 188 valence electrons. The summed E-state index contributed by atoms with van der Waals surface area (Å²) < 4.78 is 50.2. The van der Waals surface area contributed by atoms with E-state index >= 15 is 0 Å². The van der Waals surface area contributed by atoms with E-state index in [9.17, 15) is 16.8 Å². The lowest BCUT2D eigenvalue weighted by atomic mass is 10.1. The van der Waals surface area contributed by atoms with Crippen molar-refractivity contribution in [3.05, 3.63) is 77.6 Å². The largest absolute Gasteiger partial charge is 0.354 e. The minimum absolute atomic E-state index is 0.0762. The van der Waals surface area contributed by atoms with Gasteiger partial charge in [-0.2, -0.15) is 13.8 Å². The van der Waals surface area contributed by atoms with Crippen molar-refractivity contribution in [2.45, 2.75) is 25.3 Å². The van der Waals surface area contributed by atoms with Crippen LogP contribution in [-0.4, -0.2) is 55.6 Å². The molecule has 10 nitrogen and oxygen atoms in total. The molecule has 12 heteroatoms. The third kappa shape index (κ3) is 4.78. The number of hydrogen-bond acceptors (Lipinski definition) is 8. The minimum atomic E-state index is -3.97. The quantitative estimate of drug-likeness (QED) is 0.371. The molecule has 0 spiro atoms. The van der Waals surface area contributed by atoms with Crippen LogP contribution in [0.5, 0.6) is 0 Å². The second kappa shape index (κ2) is 9.17. The topological polar surface area (TPSA) is 127 Å². The summed E-state index contributed by atoms with van der Waals surface area (Å²) >= 11 is 0. The molecule has 2 aromatic carbocycles.